The number of aldehydes is 1. The van der Waals surface area contributed by atoms with E-state index in [9.17, 15) is 9.59 Å². The van der Waals surface area contributed by atoms with Gasteiger partial charge in [-0.1, -0.05) is 12.2 Å². The highest BCUT2D eigenvalue weighted by Crippen LogP contribution is 2.07. The van der Waals surface area contributed by atoms with Crippen molar-refractivity contribution in [2.75, 3.05) is 0 Å². The van der Waals surface area contributed by atoms with E-state index in [0.29, 0.717) is 6.29 Å². The molecule has 0 aromatic carbocycles. The van der Waals surface area contributed by atoms with Gasteiger partial charge in [0.05, 0.1) is 11.6 Å². The number of hydrogen-bond acceptors (Lipinski definition) is 3. The van der Waals surface area contributed by atoms with E-state index in [0.717, 1.165) is 0 Å². The SMILES string of the molecule is NC1=CC=CC(C=O)C1=O. The Morgan fingerprint density at radius 2 is 2.30 bits per heavy atom. The smallest absolute Gasteiger partial charge is 0.192 e. The normalized spacial score (nSPS) is 24.2. The van der Waals surface area contributed by atoms with Gasteiger partial charge in [0, 0.05) is 0 Å². The zero-order valence-electron chi connectivity index (χ0n) is 5.28. The Kier molecular flexibility index (Phi) is 1.67. The minimum Gasteiger partial charge on any atom is -0.396 e. The van der Waals surface area contributed by atoms with E-state index < -0.39 is 5.92 Å². The maximum Gasteiger partial charge on any atom is 0.192 e. The van der Waals surface area contributed by atoms with Crippen molar-refractivity contribution in [2.24, 2.45) is 11.7 Å². The molecule has 0 fully saturated rings. The van der Waals surface area contributed by atoms with Gasteiger partial charge in [-0.25, -0.2) is 0 Å². The molecule has 1 aliphatic carbocycles. The Morgan fingerprint density at radius 3 is 2.80 bits per heavy atom. The van der Waals surface area contributed by atoms with Crippen LogP contribution in [0.15, 0.2) is 23.9 Å². The first-order chi connectivity index (χ1) is 4.75. The van der Waals surface area contributed by atoms with E-state index in [4.69, 9.17) is 5.73 Å². The summed E-state index contributed by atoms with van der Waals surface area (Å²) in [6.45, 7) is 0. The molecule has 0 saturated heterocycles. The fraction of sp³-hybridized carbons (Fsp3) is 0.143. The van der Waals surface area contributed by atoms with Crippen LogP contribution in [0.4, 0.5) is 0 Å². The molecule has 1 rings (SSSR count). The Bertz CT molecular complexity index is 228. The van der Waals surface area contributed by atoms with E-state index >= 15 is 0 Å². The molecule has 0 aliphatic heterocycles. The Labute approximate surface area is 58.2 Å². The molecule has 2 N–H and O–H groups in total. The molecule has 0 bridgehead atoms. The van der Waals surface area contributed by atoms with Crippen LogP contribution >= 0.6 is 0 Å². The van der Waals surface area contributed by atoms with Crippen LogP contribution in [0.25, 0.3) is 0 Å². The van der Waals surface area contributed by atoms with Crippen LogP contribution in [-0.4, -0.2) is 12.1 Å². The largest absolute Gasteiger partial charge is 0.396 e. The maximum atomic E-state index is 10.9. The lowest BCUT2D eigenvalue weighted by atomic mass is 9.99. The second-order valence-electron chi connectivity index (χ2n) is 2.03. The van der Waals surface area contributed by atoms with Crippen molar-refractivity contribution >= 4 is 12.1 Å². The van der Waals surface area contributed by atoms with E-state index in [-0.39, 0.29) is 11.5 Å². The lowest BCUT2D eigenvalue weighted by Gasteiger charge is -2.06. The topological polar surface area (TPSA) is 60.2 Å². The van der Waals surface area contributed by atoms with E-state index in [2.05, 4.69) is 0 Å². The third-order valence-electron chi connectivity index (χ3n) is 1.33. The number of allylic oxidation sites excluding steroid dienone is 4. The standard InChI is InChI=1S/C7H7NO2/c8-6-3-1-2-5(4-9)7(6)10/h1-5H,8H2. The predicted octanol–water partition coefficient (Wildman–Crippen LogP) is -0.217. The first-order valence-electron chi connectivity index (χ1n) is 2.89. The number of Topliss-reactive ketones (excluding diaryl/α,β-unsaturated/α-hetero) is 1. The second-order valence-corrected chi connectivity index (χ2v) is 2.03. The molecule has 0 spiro atoms. The number of ketones is 1. The minimum absolute atomic E-state index is 0.152. The fourth-order valence-corrected chi connectivity index (χ4v) is 0.748. The van der Waals surface area contributed by atoms with Crippen LogP contribution in [0.5, 0.6) is 0 Å². The molecule has 3 nitrogen and oxygen atoms in total. The lowest BCUT2D eigenvalue weighted by molar-refractivity contribution is -0.122. The van der Waals surface area contributed by atoms with Crippen molar-refractivity contribution in [3.05, 3.63) is 23.9 Å². The Balaban J connectivity index is 2.88. The third kappa shape index (κ3) is 0.978. The number of carbonyl (C=O) groups is 2. The van der Waals surface area contributed by atoms with Crippen molar-refractivity contribution in [1.82, 2.24) is 0 Å². The molecule has 0 heterocycles. The number of rotatable bonds is 1. The van der Waals surface area contributed by atoms with Gasteiger partial charge in [0.1, 0.15) is 6.29 Å². The summed E-state index contributed by atoms with van der Waals surface area (Å²) in [6.07, 6.45) is 5.20. The van der Waals surface area contributed by atoms with Crippen LogP contribution < -0.4 is 5.73 Å². The minimum atomic E-state index is -0.662. The highest BCUT2D eigenvalue weighted by molar-refractivity contribution is 6.06. The molecular weight excluding hydrogens is 130 g/mol. The Morgan fingerprint density at radius 1 is 1.60 bits per heavy atom. The van der Waals surface area contributed by atoms with Gasteiger partial charge in [-0.15, -0.1) is 0 Å². The van der Waals surface area contributed by atoms with Gasteiger partial charge >= 0.3 is 0 Å². The van der Waals surface area contributed by atoms with Crippen LogP contribution in [0.3, 0.4) is 0 Å². The van der Waals surface area contributed by atoms with Gasteiger partial charge in [0.15, 0.2) is 5.78 Å². The summed E-state index contributed by atoms with van der Waals surface area (Å²) in [5.74, 6) is -0.970. The zero-order valence-corrected chi connectivity index (χ0v) is 5.28. The van der Waals surface area contributed by atoms with Crippen LogP contribution in [0, 0.1) is 5.92 Å². The molecule has 52 valence electrons. The second kappa shape index (κ2) is 2.47. The summed E-state index contributed by atoms with van der Waals surface area (Å²) in [5, 5.41) is 0. The number of nitrogens with two attached hydrogens (primary N) is 1. The summed E-state index contributed by atoms with van der Waals surface area (Å²) in [7, 11) is 0. The highest BCUT2D eigenvalue weighted by Gasteiger charge is 2.18. The van der Waals surface area contributed by atoms with Gasteiger partial charge in [-0.3, -0.25) is 4.79 Å². The summed E-state index contributed by atoms with van der Waals surface area (Å²) < 4.78 is 0. The van der Waals surface area contributed by atoms with Gasteiger partial charge in [-0.05, 0) is 6.08 Å². The fourth-order valence-electron chi connectivity index (χ4n) is 0.748. The summed E-state index contributed by atoms with van der Waals surface area (Å²) in [5.41, 5.74) is 5.40. The molecule has 0 aromatic rings. The Hall–Kier alpha value is -1.38. The average molecular weight is 137 g/mol. The van der Waals surface area contributed by atoms with Crippen molar-refractivity contribution in [2.45, 2.75) is 0 Å². The molecule has 10 heavy (non-hydrogen) atoms. The molecule has 0 radical (unpaired) electrons. The first kappa shape index (κ1) is 6.74. The third-order valence-corrected chi connectivity index (χ3v) is 1.33. The maximum absolute atomic E-state index is 10.9. The van der Waals surface area contributed by atoms with E-state index in [1.54, 1.807) is 6.08 Å². The van der Waals surface area contributed by atoms with E-state index in [1.165, 1.54) is 12.2 Å². The number of hydrogen-bond donors (Lipinski definition) is 1. The van der Waals surface area contributed by atoms with Crippen LogP contribution in [0.2, 0.25) is 0 Å². The van der Waals surface area contributed by atoms with Crippen molar-refractivity contribution in [3.8, 4) is 0 Å². The van der Waals surface area contributed by atoms with Gasteiger partial charge < -0.3 is 10.5 Å². The molecule has 1 atom stereocenters. The lowest BCUT2D eigenvalue weighted by Crippen LogP contribution is -2.22. The predicted molar refractivity (Wildman–Crippen MR) is 36.0 cm³/mol. The first-order valence-corrected chi connectivity index (χ1v) is 2.89. The summed E-state index contributed by atoms with van der Waals surface area (Å²) in [4.78, 5) is 21.0. The van der Waals surface area contributed by atoms with Crippen molar-refractivity contribution in [1.29, 1.82) is 0 Å². The zero-order chi connectivity index (χ0) is 7.56. The summed E-state index contributed by atoms with van der Waals surface area (Å²) in [6, 6.07) is 0. The van der Waals surface area contributed by atoms with Gasteiger partial charge in [0.2, 0.25) is 0 Å². The molecule has 1 aliphatic rings. The van der Waals surface area contributed by atoms with Crippen LogP contribution in [-0.2, 0) is 9.59 Å². The van der Waals surface area contributed by atoms with Gasteiger partial charge in [-0.2, -0.15) is 0 Å². The van der Waals surface area contributed by atoms with Crippen LogP contribution in [0.1, 0.15) is 0 Å². The molecular formula is C7H7NO2. The monoisotopic (exact) mass is 137 g/mol. The van der Waals surface area contributed by atoms with Gasteiger partial charge in [0.25, 0.3) is 0 Å². The van der Waals surface area contributed by atoms with E-state index in [1.807, 2.05) is 0 Å². The molecule has 0 aromatic heterocycles. The quantitative estimate of drug-likeness (QED) is 0.401. The highest BCUT2D eigenvalue weighted by atomic mass is 16.1. The molecule has 3 heteroatoms. The number of carbonyl (C=O) groups excluding carboxylic acids is 2. The molecule has 1 unspecified atom stereocenters. The average Bonchev–Trinajstić information content (AvgIpc) is 1.95. The summed E-state index contributed by atoms with van der Waals surface area (Å²) >= 11 is 0. The van der Waals surface area contributed by atoms with Crippen molar-refractivity contribution < 1.29 is 9.59 Å². The molecule has 0 amide bonds. The van der Waals surface area contributed by atoms with Crippen molar-refractivity contribution in [3.63, 3.8) is 0 Å². The molecule has 0 saturated carbocycles.